The molecule has 0 aliphatic carbocycles. The van der Waals surface area contributed by atoms with Crippen molar-refractivity contribution in [1.82, 2.24) is 0 Å². The molecule has 0 fully saturated rings. The lowest BCUT2D eigenvalue weighted by atomic mass is 10.1. The molecule has 1 aromatic carbocycles. The Morgan fingerprint density at radius 2 is 2.00 bits per heavy atom. The minimum absolute atomic E-state index is 0.0508. The second-order valence-electron chi connectivity index (χ2n) is 3.50. The first-order valence-corrected chi connectivity index (χ1v) is 6.27. The van der Waals surface area contributed by atoms with E-state index in [0.29, 0.717) is 6.07 Å². The average Bonchev–Trinajstić information content (AvgIpc) is 2.25. The van der Waals surface area contributed by atoms with Crippen LogP contribution in [0.2, 0.25) is 0 Å². The third-order valence-electron chi connectivity index (χ3n) is 2.14. The molecule has 0 bridgehead atoms. The van der Waals surface area contributed by atoms with Crippen LogP contribution in [0, 0.1) is 6.92 Å². The van der Waals surface area contributed by atoms with Gasteiger partial charge >= 0.3 is 6.18 Å². The number of alkyl halides is 3. The highest BCUT2D eigenvalue weighted by Crippen LogP contribution is 2.33. The van der Waals surface area contributed by atoms with Gasteiger partial charge in [-0.1, -0.05) is 12.1 Å². The van der Waals surface area contributed by atoms with Crippen LogP contribution < -0.4 is 0 Å². The summed E-state index contributed by atoms with van der Waals surface area (Å²) in [4.78, 5) is -0.526. The topological polar surface area (TPSA) is 43.4 Å². The molecule has 1 aromatic rings. The van der Waals surface area contributed by atoms with E-state index in [9.17, 15) is 21.6 Å². The number of hydrogen-bond donors (Lipinski definition) is 0. The number of hydrogen-bond acceptors (Lipinski definition) is 3. The van der Waals surface area contributed by atoms with Crippen LogP contribution in [-0.4, -0.2) is 15.0 Å². The summed E-state index contributed by atoms with van der Waals surface area (Å²) in [5.74, 6) is 0. The second-order valence-corrected chi connectivity index (χ2v) is 5.12. The van der Waals surface area contributed by atoms with Gasteiger partial charge in [0.25, 0.3) is 10.1 Å². The molecular formula is C11H11F3O3S. The average molecular weight is 280 g/mol. The van der Waals surface area contributed by atoms with Crippen LogP contribution >= 0.6 is 0 Å². The zero-order chi connectivity index (χ0) is 14.0. The van der Waals surface area contributed by atoms with Gasteiger partial charge in [0, 0.05) is 0 Å². The Hall–Kier alpha value is -1.34. The molecule has 0 radical (unpaired) electrons. The maximum Gasteiger partial charge on any atom is 0.416 e. The van der Waals surface area contributed by atoms with Gasteiger partial charge in [0.15, 0.2) is 0 Å². The van der Waals surface area contributed by atoms with Crippen molar-refractivity contribution in [3.63, 3.8) is 0 Å². The second kappa shape index (κ2) is 5.11. The van der Waals surface area contributed by atoms with Crippen LogP contribution in [-0.2, 0) is 20.5 Å². The summed E-state index contributed by atoms with van der Waals surface area (Å²) in [5.41, 5.74) is -1.05. The molecule has 0 atom stereocenters. The van der Waals surface area contributed by atoms with Crippen molar-refractivity contribution in [2.45, 2.75) is 18.0 Å². The first kappa shape index (κ1) is 14.7. The van der Waals surface area contributed by atoms with E-state index in [2.05, 4.69) is 10.8 Å². The Kier molecular flexibility index (Phi) is 4.18. The summed E-state index contributed by atoms with van der Waals surface area (Å²) < 4.78 is 65.4. The summed E-state index contributed by atoms with van der Waals surface area (Å²) >= 11 is 0. The predicted octanol–water partition coefficient (Wildman–Crippen LogP) is 2.91. The molecule has 1 rings (SSSR count). The first-order valence-electron chi connectivity index (χ1n) is 4.86. The molecule has 100 valence electrons. The summed E-state index contributed by atoms with van der Waals surface area (Å²) in [7, 11) is -4.19. The zero-order valence-electron chi connectivity index (χ0n) is 9.49. The van der Waals surface area contributed by atoms with Crippen LogP contribution in [0.1, 0.15) is 11.1 Å². The number of rotatable bonds is 4. The Labute approximate surface area is 103 Å². The van der Waals surface area contributed by atoms with Gasteiger partial charge in [0.1, 0.15) is 0 Å². The van der Waals surface area contributed by atoms with E-state index in [1.54, 1.807) is 0 Å². The van der Waals surface area contributed by atoms with Gasteiger partial charge in [0.05, 0.1) is 17.1 Å². The standard InChI is InChI=1S/C11H11F3O3S/c1-3-6-17-18(15,16)9-5-4-8(2)10(7-9)11(12,13)14/h3-5,7H,1,6H2,2H3. The molecule has 0 N–H and O–H groups in total. The van der Waals surface area contributed by atoms with Crippen molar-refractivity contribution >= 4 is 10.1 Å². The summed E-state index contributed by atoms with van der Waals surface area (Å²) in [6.45, 7) is 4.22. The van der Waals surface area contributed by atoms with Crippen molar-refractivity contribution in [3.8, 4) is 0 Å². The van der Waals surface area contributed by atoms with Crippen molar-refractivity contribution in [3.05, 3.63) is 42.0 Å². The molecule has 0 saturated heterocycles. The fourth-order valence-electron chi connectivity index (χ4n) is 1.27. The van der Waals surface area contributed by atoms with E-state index in [-0.39, 0.29) is 12.2 Å². The number of benzene rings is 1. The minimum atomic E-state index is -4.60. The van der Waals surface area contributed by atoms with Crippen LogP contribution in [0.15, 0.2) is 35.7 Å². The molecule has 0 aliphatic heterocycles. The van der Waals surface area contributed by atoms with Crippen LogP contribution in [0.4, 0.5) is 13.2 Å². The highest BCUT2D eigenvalue weighted by molar-refractivity contribution is 7.86. The van der Waals surface area contributed by atoms with E-state index >= 15 is 0 Å². The molecule has 0 heterocycles. The summed E-state index contributed by atoms with van der Waals surface area (Å²) in [6.07, 6.45) is -3.41. The Morgan fingerprint density at radius 1 is 1.39 bits per heavy atom. The Balaban J connectivity index is 3.25. The lowest BCUT2D eigenvalue weighted by molar-refractivity contribution is -0.138. The molecule has 0 unspecified atom stereocenters. The smallest absolute Gasteiger partial charge is 0.262 e. The van der Waals surface area contributed by atoms with E-state index < -0.39 is 26.8 Å². The van der Waals surface area contributed by atoms with Gasteiger partial charge in [-0.05, 0) is 24.6 Å². The van der Waals surface area contributed by atoms with Gasteiger partial charge in [-0.2, -0.15) is 21.6 Å². The lowest BCUT2D eigenvalue weighted by Gasteiger charge is -2.12. The third-order valence-corrected chi connectivity index (χ3v) is 3.42. The molecule has 3 nitrogen and oxygen atoms in total. The lowest BCUT2D eigenvalue weighted by Crippen LogP contribution is -2.11. The van der Waals surface area contributed by atoms with E-state index in [1.165, 1.54) is 13.0 Å². The summed E-state index contributed by atoms with van der Waals surface area (Å²) in [6, 6.07) is 2.73. The maximum absolute atomic E-state index is 12.6. The molecule has 7 heteroatoms. The van der Waals surface area contributed by atoms with E-state index in [1.807, 2.05) is 0 Å². The highest BCUT2D eigenvalue weighted by Gasteiger charge is 2.33. The number of aryl methyl sites for hydroxylation is 1. The highest BCUT2D eigenvalue weighted by atomic mass is 32.2. The van der Waals surface area contributed by atoms with Crippen LogP contribution in [0.3, 0.4) is 0 Å². The van der Waals surface area contributed by atoms with Gasteiger partial charge in [-0.25, -0.2) is 0 Å². The van der Waals surface area contributed by atoms with Crippen LogP contribution in [0.25, 0.3) is 0 Å². The van der Waals surface area contributed by atoms with Gasteiger partial charge in [-0.3, -0.25) is 4.18 Å². The molecule has 0 aromatic heterocycles. The van der Waals surface area contributed by atoms with Crippen molar-refractivity contribution in [2.24, 2.45) is 0 Å². The van der Waals surface area contributed by atoms with E-state index in [0.717, 1.165) is 12.1 Å². The Bertz CT molecular complexity index is 547. The van der Waals surface area contributed by atoms with Crippen molar-refractivity contribution < 1.29 is 25.8 Å². The van der Waals surface area contributed by atoms with Gasteiger partial charge in [-0.15, -0.1) is 6.58 Å². The quantitative estimate of drug-likeness (QED) is 0.629. The normalized spacial score (nSPS) is 12.4. The molecular weight excluding hydrogens is 269 g/mol. The summed E-state index contributed by atoms with van der Waals surface area (Å²) in [5, 5.41) is 0. The fourth-order valence-corrected chi connectivity index (χ4v) is 2.18. The molecule has 0 aliphatic rings. The predicted molar refractivity (Wildman–Crippen MR) is 59.5 cm³/mol. The molecule has 18 heavy (non-hydrogen) atoms. The van der Waals surface area contributed by atoms with Crippen LogP contribution in [0.5, 0.6) is 0 Å². The van der Waals surface area contributed by atoms with Crippen molar-refractivity contribution in [1.29, 1.82) is 0 Å². The first-order chi connectivity index (χ1) is 8.18. The monoisotopic (exact) mass is 280 g/mol. The zero-order valence-corrected chi connectivity index (χ0v) is 10.3. The number of halogens is 3. The fraction of sp³-hybridized carbons (Fsp3) is 0.273. The third kappa shape index (κ3) is 3.33. The molecule has 0 saturated carbocycles. The maximum atomic E-state index is 12.6. The van der Waals surface area contributed by atoms with Crippen molar-refractivity contribution in [2.75, 3.05) is 6.61 Å². The largest absolute Gasteiger partial charge is 0.416 e. The Morgan fingerprint density at radius 3 is 2.50 bits per heavy atom. The van der Waals surface area contributed by atoms with Gasteiger partial charge in [0.2, 0.25) is 0 Å². The SMILES string of the molecule is C=CCOS(=O)(=O)c1ccc(C)c(C(F)(F)F)c1. The minimum Gasteiger partial charge on any atom is -0.262 e. The van der Waals surface area contributed by atoms with E-state index in [4.69, 9.17) is 0 Å². The molecule has 0 spiro atoms. The molecule has 0 amide bonds. The van der Waals surface area contributed by atoms with Gasteiger partial charge < -0.3 is 0 Å².